The van der Waals surface area contributed by atoms with E-state index in [1.54, 1.807) is 0 Å². The summed E-state index contributed by atoms with van der Waals surface area (Å²) in [7, 11) is 0. The Morgan fingerprint density at radius 1 is 1.06 bits per heavy atom. The number of aryl methyl sites for hydroxylation is 1. The lowest BCUT2D eigenvalue weighted by Gasteiger charge is -2.14. The molecule has 0 aliphatic heterocycles. The van der Waals surface area contributed by atoms with E-state index in [0.29, 0.717) is 18.3 Å². The van der Waals surface area contributed by atoms with Gasteiger partial charge in [-0.15, -0.1) is 10.2 Å². The standard InChI is InChI=1S/C26H28N4O2S/c1-4-30-24(16-32-23-15-14-21-12-8-9-13-22(21)18(23)2)28-29-26(30)33-17-25(31)27-19(3)20-10-6-5-7-11-20/h5-15,19H,4,16-17H2,1-3H3,(H,27,31)/t19-/m1/s1. The van der Waals surface area contributed by atoms with Gasteiger partial charge < -0.3 is 14.6 Å². The molecule has 0 radical (unpaired) electrons. The maximum absolute atomic E-state index is 12.4. The maximum Gasteiger partial charge on any atom is 0.230 e. The van der Waals surface area contributed by atoms with Crippen molar-refractivity contribution in [2.45, 2.75) is 45.1 Å². The highest BCUT2D eigenvalue weighted by atomic mass is 32.2. The van der Waals surface area contributed by atoms with Crippen LogP contribution in [0.5, 0.6) is 5.75 Å². The highest BCUT2D eigenvalue weighted by Crippen LogP contribution is 2.28. The molecule has 1 N–H and O–H groups in total. The summed E-state index contributed by atoms with van der Waals surface area (Å²) in [6, 6.07) is 22.2. The summed E-state index contributed by atoms with van der Waals surface area (Å²) in [6.07, 6.45) is 0. The summed E-state index contributed by atoms with van der Waals surface area (Å²) in [5.41, 5.74) is 2.19. The Hall–Kier alpha value is -3.32. The number of nitrogens with one attached hydrogen (secondary N) is 1. The first kappa shape index (κ1) is 22.9. The molecule has 0 aliphatic rings. The zero-order valence-electron chi connectivity index (χ0n) is 19.1. The number of thioether (sulfide) groups is 1. The molecular formula is C26H28N4O2S. The molecule has 0 saturated carbocycles. The number of rotatable bonds is 9. The van der Waals surface area contributed by atoms with Gasteiger partial charge in [0.1, 0.15) is 12.4 Å². The fourth-order valence-corrected chi connectivity index (χ4v) is 4.63. The molecule has 0 unspecified atom stereocenters. The van der Waals surface area contributed by atoms with Gasteiger partial charge in [-0.25, -0.2) is 0 Å². The third-order valence-electron chi connectivity index (χ3n) is 5.62. The van der Waals surface area contributed by atoms with Crippen molar-refractivity contribution in [1.82, 2.24) is 20.1 Å². The van der Waals surface area contributed by atoms with Crippen molar-refractivity contribution in [2.75, 3.05) is 5.75 Å². The van der Waals surface area contributed by atoms with Crippen molar-refractivity contribution in [3.05, 3.63) is 83.7 Å². The van der Waals surface area contributed by atoms with Gasteiger partial charge in [0.05, 0.1) is 11.8 Å². The lowest BCUT2D eigenvalue weighted by atomic mass is 10.0. The van der Waals surface area contributed by atoms with Crippen LogP contribution in [-0.2, 0) is 17.9 Å². The molecule has 33 heavy (non-hydrogen) atoms. The van der Waals surface area contributed by atoms with Gasteiger partial charge in [0.15, 0.2) is 11.0 Å². The lowest BCUT2D eigenvalue weighted by molar-refractivity contribution is -0.119. The molecule has 0 bridgehead atoms. The largest absolute Gasteiger partial charge is 0.485 e. The minimum Gasteiger partial charge on any atom is -0.485 e. The number of ether oxygens (including phenoxy) is 1. The number of benzene rings is 3. The van der Waals surface area contributed by atoms with E-state index < -0.39 is 0 Å². The van der Waals surface area contributed by atoms with E-state index in [1.165, 1.54) is 22.5 Å². The lowest BCUT2D eigenvalue weighted by Crippen LogP contribution is -2.28. The van der Waals surface area contributed by atoms with Crippen molar-refractivity contribution in [3.8, 4) is 5.75 Å². The number of nitrogens with zero attached hydrogens (tertiary/aromatic N) is 3. The van der Waals surface area contributed by atoms with E-state index in [9.17, 15) is 4.79 Å². The van der Waals surface area contributed by atoms with Crippen molar-refractivity contribution in [2.24, 2.45) is 0 Å². The van der Waals surface area contributed by atoms with Crippen LogP contribution >= 0.6 is 11.8 Å². The molecule has 4 aromatic rings. The predicted molar refractivity (Wildman–Crippen MR) is 132 cm³/mol. The molecule has 0 fully saturated rings. The second-order valence-electron chi connectivity index (χ2n) is 7.83. The van der Waals surface area contributed by atoms with Gasteiger partial charge in [0.2, 0.25) is 5.91 Å². The van der Waals surface area contributed by atoms with Crippen LogP contribution in [0.25, 0.3) is 10.8 Å². The first-order chi connectivity index (χ1) is 16.1. The van der Waals surface area contributed by atoms with Crippen LogP contribution in [0.15, 0.2) is 71.9 Å². The Morgan fingerprint density at radius 2 is 1.82 bits per heavy atom. The summed E-state index contributed by atoms with van der Waals surface area (Å²) in [5, 5.41) is 14.7. The molecule has 1 amide bonds. The average Bonchev–Trinajstić information content (AvgIpc) is 3.24. The van der Waals surface area contributed by atoms with Gasteiger partial charge in [-0.1, -0.05) is 72.4 Å². The molecular weight excluding hydrogens is 432 g/mol. The van der Waals surface area contributed by atoms with Crippen molar-refractivity contribution >= 4 is 28.4 Å². The van der Waals surface area contributed by atoms with Crippen LogP contribution in [0, 0.1) is 6.92 Å². The van der Waals surface area contributed by atoms with Gasteiger partial charge in [-0.2, -0.15) is 0 Å². The normalized spacial score (nSPS) is 12.0. The second-order valence-corrected chi connectivity index (χ2v) is 8.77. The molecule has 1 aromatic heterocycles. The highest BCUT2D eigenvalue weighted by molar-refractivity contribution is 7.99. The molecule has 0 aliphatic carbocycles. The Balaban J connectivity index is 1.37. The topological polar surface area (TPSA) is 69.0 Å². The molecule has 170 valence electrons. The van der Waals surface area contributed by atoms with Gasteiger partial charge in [0.25, 0.3) is 0 Å². The molecule has 1 heterocycles. The van der Waals surface area contributed by atoms with Crippen LogP contribution in [0.2, 0.25) is 0 Å². The molecule has 6 nitrogen and oxygen atoms in total. The van der Waals surface area contributed by atoms with Gasteiger partial charge in [0, 0.05) is 6.54 Å². The van der Waals surface area contributed by atoms with Gasteiger partial charge >= 0.3 is 0 Å². The fraction of sp³-hybridized carbons (Fsp3) is 0.269. The van der Waals surface area contributed by atoms with E-state index >= 15 is 0 Å². The number of aromatic nitrogens is 3. The van der Waals surface area contributed by atoms with Crippen LogP contribution < -0.4 is 10.1 Å². The van der Waals surface area contributed by atoms with Gasteiger partial charge in [-0.05, 0) is 48.7 Å². The molecule has 0 spiro atoms. The van der Waals surface area contributed by atoms with Crippen LogP contribution in [0.3, 0.4) is 0 Å². The Bertz CT molecular complexity index is 1240. The molecule has 1 atom stereocenters. The van der Waals surface area contributed by atoms with E-state index in [2.05, 4.69) is 40.6 Å². The molecule has 4 rings (SSSR count). The third kappa shape index (κ3) is 5.37. The number of amides is 1. The maximum atomic E-state index is 12.4. The van der Waals surface area contributed by atoms with E-state index in [1.807, 2.05) is 66.9 Å². The van der Waals surface area contributed by atoms with E-state index in [-0.39, 0.29) is 17.7 Å². The van der Waals surface area contributed by atoms with E-state index in [4.69, 9.17) is 4.74 Å². The van der Waals surface area contributed by atoms with Gasteiger partial charge in [-0.3, -0.25) is 4.79 Å². The minimum atomic E-state index is -0.0440. The Morgan fingerprint density at radius 3 is 2.61 bits per heavy atom. The Kier molecular flexibility index (Phi) is 7.29. The highest BCUT2D eigenvalue weighted by Gasteiger charge is 2.16. The monoisotopic (exact) mass is 460 g/mol. The molecule has 0 saturated heterocycles. The van der Waals surface area contributed by atoms with Crippen molar-refractivity contribution < 1.29 is 9.53 Å². The number of carbonyl (C=O) groups is 1. The van der Waals surface area contributed by atoms with Crippen LogP contribution in [0.4, 0.5) is 0 Å². The Labute approximate surface area is 198 Å². The fourth-order valence-electron chi connectivity index (χ4n) is 3.79. The number of hydrogen-bond donors (Lipinski definition) is 1. The smallest absolute Gasteiger partial charge is 0.230 e. The number of hydrogen-bond acceptors (Lipinski definition) is 5. The summed E-state index contributed by atoms with van der Waals surface area (Å²) in [6.45, 7) is 7.11. The zero-order valence-corrected chi connectivity index (χ0v) is 19.9. The predicted octanol–water partition coefficient (Wildman–Crippen LogP) is 5.31. The van der Waals surface area contributed by atoms with Crippen LogP contribution in [0.1, 0.15) is 36.8 Å². The summed E-state index contributed by atoms with van der Waals surface area (Å²) in [4.78, 5) is 12.4. The summed E-state index contributed by atoms with van der Waals surface area (Å²) in [5.74, 6) is 1.82. The van der Waals surface area contributed by atoms with Crippen molar-refractivity contribution in [1.29, 1.82) is 0 Å². The number of fused-ring (bicyclic) bond motifs is 1. The van der Waals surface area contributed by atoms with Crippen LogP contribution in [-0.4, -0.2) is 26.4 Å². The zero-order chi connectivity index (χ0) is 23.2. The first-order valence-electron chi connectivity index (χ1n) is 11.1. The quantitative estimate of drug-likeness (QED) is 0.343. The minimum absolute atomic E-state index is 0.0356. The van der Waals surface area contributed by atoms with E-state index in [0.717, 1.165) is 22.7 Å². The summed E-state index contributed by atoms with van der Waals surface area (Å²) >= 11 is 1.39. The molecule has 7 heteroatoms. The third-order valence-corrected chi connectivity index (χ3v) is 6.59. The first-order valence-corrected chi connectivity index (χ1v) is 12.1. The summed E-state index contributed by atoms with van der Waals surface area (Å²) < 4.78 is 8.10. The SMILES string of the molecule is CCn1c(COc2ccc3ccccc3c2C)nnc1SCC(=O)N[C@H](C)c1ccccc1. The number of carbonyl (C=O) groups excluding carboxylic acids is 1. The molecule has 3 aromatic carbocycles. The average molecular weight is 461 g/mol. The van der Waals surface area contributed by atoms with Crippen molar-refractivity contribution in [3.63, 3.8) is 0 Å². The second kappa shape index (κ2) is 10.5.